The van der Waals surface area contributed by atoms with Crippen molar-refractivity contribution < 1.29 is 0 Å². The Kier molecular flexibility index (Phi) is 19.9. The van der Waals surface area contributed by atoms with E-state index in [0.29, 0.717) is 0 Å². The average Bonchev–Trinajstić information content (AvgIpc) is 0.918. The van der Waals surface area contributed by atoms with Gasteiger partial charge in [-0.15, -0.1) is 0 Å². The molecule has 0 fully saturated rings. The molecule has 0 amide bonds. The van der Waals surface area contributed by atoms with Gasteiger partial charge in [-0.3, -0.25) is 0 Å². The molecule has 0 nitrogen and oxygen atoms in total. The fourth-order valence-electron chi connectivity index (χ4n) is 0. The van der Waals surface area contributed by atoms with Gasteiger partial charge in [-0.2, -0.15) is 0 Å². The van der Waals surface area contributed by atoms with Gasteiger partial charge in [-0.05, 0) is 0 Å². The Morgan fingerprint density at radius 2 is 1.25 bits per heavy atom. The summed E-state index contributed by atoms with van der Waals surface area (Å²) in [6.07, 6.45) is 0. The quantitative estimate of drug-likeness (QED) is 0.526. The van der Waals surface area contributed by atoms with Gasteiger partial charge in [0.25, 0.3) is 0 Å². The summed E-state index contributed by atoms with van der Waals surface area (Å²) >= 11 is 0. The van der Waals surface area contributed by atoms with Gasteiger partial charge in [0, 0.05) is 9.52 Å². The second-order valence-electron chi connectivity index (χ2n) is 0.577. The molecule has 0 aromatic rings. The zero-order valence-corrected chi connectivity index (χ0v) is 8.80. The van der Waals surface area contributed by atoms with Crippen LogP contribution in [0, 0.1) is 0 Å². The Morgan fingerprint density at radius 1 is 1.25 bits per heavy atom. The molecule has 0 saturated carbocycles. The maximum absolute atomic E-state index is 2.21. The van der Waals surface area contributed by atoms with Crippen molar-refractivity contribution in [2.75, 3.05) is 0 Å². The molecule has 0 aromatic heterocycles. The Labute approximate surface area is 48.9 Å². The third-order valence-corrected chi connectivity index (χ3v) is 0. The van der Waals surface area contributed by atoms with E-state index in [4.69, 9.17) is 0 Å². The molecule has 0 saturated heterocycles. The van der Waals surface area contributed by atoms with Gasteiger partial charge in [-0.1, -0.05) is 13.1 Å². The Bertz CT molecular complexity index is 6.00. The second-order valence-corrected chi connectivity index (χ2v) is 1.73. The van der Waals surface area contributed by atoms with Crippen molar-refractivity contribution in [2.24, 2.45) is 0 Å². The molecule has 0 rings (SSSR count). The van der Waals surface area contributed by atoms with Gasteiger partial charge in [0.2, 0.25) is 0 Å². The number of hydrogen-bond acceptors (Lipinski definition) is 0. The van der Waals surface area contributed by atoms with Crippen LogP contribution in [0.15, 0.2) is 0 Å². The van der Waals surface area contributed by atoms with E-state index in [1.54, 1.807) is 0 Å². The van der Waals surface area contributed by atoms with E-state index in [9.17, 15) is 0 Å². The van der Waals surface area contributed by atoms with Gasteiger partial charge in [0.1, 0.15) is 0 Å². The number of hydrogen-bond donors (Lipinski definition) is 0. The summed E-state index contributed by atoms with van der Waals surface area (Å²) in [6.45, 7) is 4.42. The monoisotopic (exact) mass is 270 g/mol. The van der Waals surface area contributed by atoms with Crippen molar-refractivity contribution >= 4 is 35.7 Å². The van der Waals surface area contributed by atoms with E-state index in [1.807, 2.05) is 0 Å². The first-order chi connectivity index (χ1) is 1.41. The van der Waals surface area contributed by atoms with Crippen molar-refractivity contribution in [3.63, 3.8) is 0 Å². The summed E-state index contributed by atoms with van der Waals surface area (Å²) in [7, 11) is 0.750. The first-order valence-corrected chi connectivity index (χ1v) is 3.46. The summed E-state index contributed by atoms with van der Waals surface area (Å²) in [5.74, 6) is 0. The van der Waals surface area contributed by atoms with Crippen molar-refractivity contribution in [2.45, 2.75) is 13.1 Å². The predicted octanol–water partition coefficient (Wildman–Crippen LogP) is -0.397. The van der Waals surface area contributed by atoms with Crippen LogP contribution in [0.5, 0.6) is 0 Å². The number of rotatable bonds is 0. The molecule has 0 aliphatic carbocycles. The van der Waals surface area contributed by atoms with Crippen LogP contribution in [-0.2, 0) is 0 Å². The molecular weight excluding hydrogens is 261 g/mol. The zero-order chi connectivity index (χ0) is 2.71. The van der Waals surface area contributed by atoms with E-state index >= 15 is 0 Å². The van der Waals surface area contributed by atoms with E-state index < -0.39 is 0 Å². The molecule has 2 radical (unpaired) electrons. The molecule has 0 spiro atoms. The van der Waals surface area contributed by atoms with Gasteiger partial charge in [-0.25, -0.2) is 0 Å². The van der Waals surface area contributed by atoms with Crippen LogP contribution >= 0.6 is 0 Å². The molecule has 2 heteroatoms. The minimum atomic E-state index is 0. The van der Waals surface area contributed by atoms with Crippen molar-refractivity contribution in [1.29, 1.82) is 0 Å². The van der Waals surface area contributed by atoms with Crippen LogP contribution < -0.4 is 0 Å². The molecule has 26 valence electrons. The zero-order valence-electron chi connectivity index (χ0n) is 3.15. The van der Waals surface area contributed by atoms with Crippen molar-refractivity contribution in [3.05, 3.63) is 0 Å². The predicted molar refractivity (Wildman–Crippen MR) is 27.4 cm³/mol. The summed E-state index contributed by atoms with van der Waals surface area (Å²) in [5.41, 5.74) is 0. The summed E-state index contributed by atoms with van der Waals surface area (Å²) < 4.78 is 0. The third-order valence-electron chi connectivity index (χ3n) is 0. The molecular formula is C2H9BiSi. The summed E-state index contributed by atoms with van der Waals surface area (Å²) in [6, 6.07) is 0. The molecule has 0 aromatic carbocycles. The fourth-order valence-corrected chi connectivity index (χ4v) is 0. The van der Waals surface area contributed by atoms with Gasteiger partial charge in [0.05, 0.1) is 0 Å². The third kappa shape index (κ3) is 11.3. The van der Waals surface area contributed by atoms with E-state index in [-0.39, 0.29) is 26.2 Å². The molecule has 0 heterocycles. The van der Waals surface area contributed by atoms with Crippen molar-refractivity contribution in [1.82, 2.24) is 0 Å². The average molecular weight is 270 g/mol. The molecule has 0 aliphatic heterocycles. The normalized spacial score (nSPS) is 4.50. The van der Waals surface area contributed by atoms with Crippen LogP contribution in [0.1, 0.15) is 0 Å². The van der Waals surface area contributed by atoms with Gasteiger partial charge >= 0.3 is 26.2 Å². The van der Waals surface area contributed by atoms with Crippen LogP contribution in [0.25, 0.3) is 0 Å². The van der Waals surface area contributed by atoms with E-state index in [2.05, 4.69) is 13.1 Å². The first-order valence-electron chi connectivity index (χ1n) is 1.15. The fraction of sp³-hybridized carbons (Fsp3) is 1.00. The topological polar surface area (TPSA) is 0 Å². The molecule has 0 atom stereocenters. The SMILES string of the molecule is C[SiH]C.[BiH2]. The molecule has 4 heavy (non-hydrogen) atoms. The van der Waals surface area contributed by atoms with Gasteiger partial charge in [0.15, 0.2) is 0 Å². The Morgan fingerprint density at radius 3 is 1.25 bits per heavy atom. The minimum absolute atomic E-state index is 0. The Hall–Kier alpha value is 1.10. The summed E-state index contributed by atoms with van der Waals surface area (Å²) in [4.78, 5) is 0. The van der Waals surface area contributed by atoms with Gasteiger partial charge < -0.3 is 0 Å². The standard InChI is InChI=1S/C2H7Si.Bi.2H/c1-3-2;;;/h3H,1-2H3;;;. The van der Waals surface area contributed by atoms with E-state index in [0.717, 1.165) is 9.52 Å². The first kappa shape index (κ1) is 8.92. The van der Waals surface area contributed by atoms with Crippen LogP contribution in [0.4, 0.5) is 0 Å². The molecule has 0 unspecified atom stereocenters. The molecule has 0 aliphatic rings. The Balaban J connectivity index is 0. The van der Waals surface area contributed by atoms with Crippen LogP contribution in [0.3, 0.4) is 0 Å². The van der Waals surface area contributed by atoms with Crippen LogP contribution in [-0.4, -0.2) is 35.7 Å². The molecule has 0 bridgehead atoms. The second kappa shape index (κ2) is 8.93. The molecule has 0 N–H and O–H groups in total. The van der Waals surface area contributed by atoms with E-state index in [1.165, 1.54) is 0 Å². The van der Waals surface area contributed by atoms with Crippen LogP contribution in [0.2, 0.25) is 13.1 Å². The van der Waals surface area contributed by atoms with Crippen molar-refractivity contribution in [3.8, 4) is 0 Å². The maximum atomic E-state index is 2.21. The summed E-state index contributed by atoms with van der Waals surface area (Å²) in [5, 5.41) is 0.